The van der Waals surface area contributed by atoms with Crippen LogP contribution in [0.1, 0.15) is 10.4 Å². The summed E-state index contributed by atoms with van der Waals surface area (Å²) < 4.78 is 37.1. The zero-order valence-electron chi connectivity index (χ0n) is 11.0. The maximum Gasteiger partial charge on any atom is 0.204 e. The number of ether oxygens (including phenoxy) is 2. The lowest BCUT2D eigenvalue weighted by Gasteiger charge is -2.10. The average molecular weight is 357 g/mol. The molecule has 0 N–H and O–H groups in total. The van der Waals surface area contributed by atoms with Crippen molar-refractivity contribution in [2.75, 3.05) is 13.7 Å². The Hall–Kier alpha value is -1.95. The number of ketones is 1. The van der Waals surface area contributed by atoms with E-state index in [4.69, 9.17) is 9.47 Å². The van der Waals surface area contributed by atoms with E-state index in [-0.39, 0.29) is 23.7 Å². The molecule has 0 fully saturated rings. The Morgan fingerprint density at radius 3 is 2.48 bits per heavy atom. The fraction of sp³-hybridized carbons (Fsp3) is 0.133. The monoisotopic (exact) mass is 356 g/mol. The van der Waals surface area contributed by atoms with E-state index in [9.17, 15) is 13.6 Å². The lowest BCUT2D eigenvalue weighted by Crippen LogP contribution is -2.13. The zero-order valence-corrected chi connectivity index (χ0v) is 12.6. The molecule has 2 rings (SSSR count). The van der Waals surface area contributed by atoms with Gasteiger partial charge in [-0.1, -0.05) is 0 Å². The van der Waals surface area contributed by atoms with Crippen molar-refractivity contribution >= 4 is 21.7 Å². The number of benzene rings is 2. The number of carbonyl (C=O) groups excluding carboxylic acids is 1. The summed E-state index contributed by atoms with van der Waals surface area (Å²) in [5.74, 6) is -1.06. The summed E-state index contributed by atoms with van der Waals surface area (Å²) in [5.41, 5.74) is 0.0741. The van der Waals surface area contributed by atoms with Gasteiger partial charge in [-0.2, -0.15) is 0 Å². The molecule has 6 heteroatoms. The highest BCUT2D eigenvalue weighted by atomic mass is 79.9. The molecule has 0 aromatic heterocycles. The molecule has 0 amide bonds. The first-order valence-electron chi connectivity index (χ1n) is 5.96. The molecular weight excluding hydrogens is 346 g/mol. The van der Waals surface area contributed by atoms with Crippen LogP contribution in [-0.2, 0) is 0 Å². The highest BCUT2D eigenvalue weighted by molar-refractivity contribution is 9.10. The van der Waals surface area contributed by atoms with Crippen molar-refractivity contribution in [3.05, 3.63) is 58.1 Å². The fourth-order valence-electron chi connectivity index (χ4n) is 1.71. The molecule has 3 nitrogen and oxygen atoms in total. The van der Waals surface area contributed by atoms with Crippen molar-refractivity contribution in [3.63, 3.8) is 0 Å². The largest absolute Gasteiger partial charge is 0.496 e. The second-order valence-corrected chi connectivity index (χ2v) is 4.99. The van der Waals surface area contributed by atoms with Gasteiger partial charge in [-0.05, 0) is 46.3 Å². The maximum atomic E-state index is 13.2. The van der Waals surface area contributed by atoms with Crippen molar-refractivity contribution in [1.82, 2.24) is 0 Å². The number of halogens is 3. The van der Waals surface area contributed by atoms with Gasteiger partial charge in [-0.3, -0.25) is 4.79 Å². The van der Waals surface area contributed by atoms with Crippen LogP contribution in [0.3, 0.4) is 0 Å². The Morgan fingerprint density at radius 2 is 1.76 bits per heavy atom. The van der Waals surface area contributed by atoms with Crippen molar-refractivity contribution in [2.24, 2.45) is 0 Å². The first kappa shape index (κ1) is 15.4. The Labute approximate surface area is 128 Å². The smallest absolute Gasteiger partial charge is 0.204 e. The van der Waals surface area contributed by atoms with E-state index < -0.39 is 17.4 Å². The van der Waals surface area contributed by atoms with E-state index in [0.29, 0.717) is 4.47 Å². The van der Waals surface area contributed by atoms with E-state index in [2.05, 4.69) is 15.9 Å². The van der Waals surface area contributed by atoms with Crippen LogP contribution >= 0.6 is 15.9 Å². The number of hydrogen-bond acceptors (Lipinski definition) is 3. The third-order valence-corrected chi connectivity index (χ3v) is 3.37. The molecule has 0 aliphatic rings. The maximum absolute atomic E-state index is 13.2. The van der Waals surface area contributed by atoms with Gasteiger partial charge in [-0.15, -0.1) is 0 Å². The second kappa shape index (κ2) is 6.67. The Bertz CT molecular complexity index is 674. The molecule has 21 heavy (non-hydrogen) atoms. The molecule has 2 aromatic carbocycles. The van der Waals surface area contributed by atoms with Crippen LogP contribution in [0.2, 0.25) is 0 Å². The second-order valence-electron chi connectivity index (χ2n) is 4.13. The molecule has 0 spiro atoms. The van der Waals surface area contributed by atoms with Gasteiger partial charge in [0, 0.05) is 6.07 Å². The molecule has 0 heterocycles. The van der Waals surface area contributed by atoms with Gasteiger partial charge < -0.3 is 9.47 Å². The first-order valence-corrected chi connectivity index (χ1v) is 6.75. The van der Waals surface area contributed by atoms with Crippen molar-refractivity contribution in [3.8, 4) is 11.5 Å². The number of carbonyl (C=O) groups is 1. The van der Waals surface area contributed by atoms with Gasteiger partial charge in [-0.25, -0.2) is 8.78 Å². The third-order valence-electron chi connectivity index (χ3n) is 2.71. The van der Waals surface area contributed by atoms with Gasteiger partial charge in [0.25, 0.3) is 0 Å². The van der Waals surface area contributed by atoms with Gasteiger partial charge in [0.15, 0.2) is 6.61 Å². The molecule has 110 valence electrons. The van der Waals surface area contributed by atoms with Crippen molar-refractivity contribution in [1.29, 1.82) is 0 Å². The number of Topliss-reactive ketones (excluding diaryl/α,β-unsaturated/α-hetero) is 1. The summed E-state index contributed by atoms with van der Waals surface area (Å²) in [5, 5.41) is 0. The predicted molar refractivity (Wildman–Crippen MR) is 76.9 cm³/mol. The minimum atomic E-state index is -0.550. The fourth-order valence-corrected chi connectivity index (χ4v) is 2.07. The predicted octanol–water partition coefficient (Wildman–Crippen LogP) is 4.00. The number of hydrogen-bond donors (Lipinski definition) is 0. The normalized spacial score (nSPS) is 10.3. The van der Waals surface area contributed by atoms with Crippen LogP contribution in [0, 0.1) is 11.6 Å². The molecule has 0 aliphatic carbocycles. The van der Waals surface area contributed by atoms with Crippen LogP contribution in [-0.4, -0.2) is 19.5 Å². The first-order chi connectivity index (χ1) is 10.0. The van der Waals surface area contributed by atoms with Crippen LogP contribution in [0.15, 0.2) is 40.9 Å². The van der Waals surface area contributed by atoms with Gasteiger partial charge in [0.05, 0.1) is 17.1 Å². The van der Waals surface area contributed by atoms with E-state index in [1.165, 1.54) is 31.4 Å². The van der Waals surface area contributed by atoms with Crippen LogP contribution < -0.4 is 9.47 Å². The third kappa shape index (κ3) is 3.78. The molecule has 0 bridgehead atoms. The Kier molecular flexibility index (Phi) is 4.90. The van der Waals surface area contributed by atoms with Gasteiger partial charge in [0.1, 0.15) is 23.1 Å². The van der Waals surface area contributed by atoms with Crippen molar-refractivity contribution in [2.45, 2.75) is 0 Å². The molecule has 0 aliphatic heterocycles. The van der Waals surface area contributed by atoms with E-state index >= 15 is 0 Å². The molecular formula is C15H11BrF2O3. The number of methoxy groups -OCH3 is 1. The molecule has 0 unspecified atom stereocenters. The van der Waals surface area contributed by atoms with Crippen LogP contribution in [0.5, 0.6) is 11.5 Å². The van der Waals surface area contributed by atoms with E-state index in [0.717, 1.165) is 12.1 Å². The van der Waals surface area contributed by atoms with Crippen LogP contribution in [0.25, 0.3) is 0 Å². The lowest BCUT2D eigenvalue weighted by atomic mass is 10.1. The minimum absolute atomic E-state index is 0.0741. The topological polar surface area (TPSA) is 35.5 Å². The molecule has 0 saturated heterocycles. The highest BCUT2D eigenvalue weighted by Gasteiger charge is 2.15. The molecule has 0 saturated carbocycles. The highest BCUT2D eigenvalue weighted by Crippen LogP contribution is 2.26. The number of rotatable bonds is 5. The summed E-state index contributed by atoms with van der Waals surface area (Å²) >= 11 is 3.19. The standard InChI is InChI=1S/C15H11BrF2O3/c1-20-14-5-3-9(17)6-11(14)13(19)8-21-15-7-10(18)2-4-12(15)16/h2-7H,8H2,1H3. The average Bonchev–Trinajstić information content (AvgIpc) is 2.47. The molecule has 2 aromatic rings. The zero-order chi connectivity index (χ0) is 15.4. The van der Waals surface area contributed by atoms with E-state index in [1.54, 1.807) is 0 Å². The molecule has 0 radical (unpaired) electrons. The SMILES string of the molecule is COc1ccc(F)cc1C(=O)COc1cc(F)ccc1Br. The van der Waals surface area contributed by atoms with Crippen LogP contribution in [0.4, 0.5) is 8.78 Å². The summed E-state index contributed by atoms with van der Waals surface area (Å²) in [6, 6.07) is 7.51. The minimum Gasteiger partial charge on any atom is -0.496 e. The van der Waals surface area contributed by atoms with Crippen molar-refractivity contribution < 1.29 is 23.0 Å². The quantitative estimate of drug-likeness (QED) is 0.759. The Morgan fingerprint density at radius 1 is 1.10 bits per heavy atom. The summed E-state index contributed by atoms with van der Waals surface area (Å²) in [6.07, 6.45) is 0. The summed E-state index contributed by atoms with van der Waals surface area (Å²) in [7, 11) is 1.38. The van der Waals surface area contributed by atoms with Gasteiger partial charge >= 0.3 is 0 Å². The lowest BCUT2D eigenvalue weighted by molar-refractivity contribution is 0.0917. The summed E-state index contributed by atoms with van der Waals surface area (Å²) in [4.78, 5) is 12.1. The Balaban J connectivity index is 2.15. The van der Waals surface area contributed by atoms with Gasteiger partial charge in [0.2, 0.25) is 5.78 Å². The molecule has 0 atom stereocenters. The summed E-state index contributed by atoms with van der Waals surface area (Å²) in [6.45, 7) is -0.359. The van der Waals surface area contributed by atoms with E-state index in [1.807, 2.05) is 0 Å².